The summed E-state index contributed by atoms with van der Waals surface area (Å²) in [5.41, 5.74) is 1.36. The molecule has 138 valence electrons. The van der Waals surface area contributed by atoms with Crippen molar-refractivity contribution in [2.24, 2.45) is 0 Å². The summed E-state index contributed by atoms with van der Waals surface area (Å²) >= 11 is 0.822. The molecule has 3 rings (SSSR count). The van der Waals surface area contributed by atoms with E-state index >= 15 is 0 Å². The Morgan fingerprint density at radius 3 is 2.67 bits per heavy atom. The van der Waals surface area contributed by atoms with E-state index in [1.54, 1.807) is 36.4 Å². The highest BCUT2D eigenvalue weighted by molar-refractivity contribution is 8.18. The number of anilines is 1. The predicted octanol–water partition coefficient (Wildman–Crippen LogP) is 3.76. The molecule has 2 aromatic carbocycles. The van der Waals surface area contributed by atoms with Gasteiger partial charge in [0.25, 0.3) is 11.1 Å². The van der Waals surface area contributed by atoms with E-state index in [1.165, 1.54) is 0 Å². The summed E-state index contributed by atoms with van der Waals surface area (Å²) < 4.78 is 5.44. The monoisotopic (exact) mass is 382 g/mol. The molecule has 0 aliphatic carbocycles. The van der Waals surface area contributed by atoms with Crippen molar-refractivity contribution in [3.8, 4) is 5.75 Å². The van der Waals surface area contributed by atoms with Gasteiger partial charge >= 0.3 is 0 Å². The summed E-state index contributed by atoms with van der Waals surface area (Å²) in [4.78, 5) is 38.1. The maximum Gasteiger partial charge on any atom is 0.294 e. The minimum absolute atomic E-state index is 0.279. The number of para-hydroxylation sites is 1. The number of hydrogen-bond donors (Lipinski definition) is 1. The van der Waals surface area contributed by atoms with E-state index in [2.05, 4.69) is 5.32 Å². The molecule has 3 amide bonds. The van der Waals surface area contributed by atoms with E-state index in [1.807, 2.05) is 31.2 Å². The fourth-order valence-electron chi connectivity index (χ4n) is 2.51. The Bertz CT molecular complexity index is 896. The standard InChI is InChI=1S/C20H18N2O4S/c1-2-26-16-10-6-7-14(11-16)12-17-19(24)22(20(25)27-17)13-18(23)21-15-8-4-3-5-9-15/h3-12H,2,13H2,1H3,(H,21,23)/b17-12-. The van der Waals surface area contributed by atoms with Gasteiger partial charge in [0.2, 0.25) is 5.91 Å². The SMILES string of the molecule is CCOc1cccc(/C=C2\SC(=O)N(CC(=O)Nc3ccccc3)C2=O)c1. The molecule has 1 aliphatic heterocycles. The smallest absolute Gasteiger partial charge is 0.294 e. The summed E-state index contributed by atoms with van der Waals surface area (Å²) in [5, 5.41) is 2.20. The van der Waals surface area contributed by atoms with Crippen molar-refractivity contribution >= 4 is 40.6 Å². The zero-order chi connectivity index (χ0) is 19.2. The highest BCUT2D eigenvalue weighted by Gasteiger charge is 2.36. The van der Waals surface area contributed by atoms with E-state index in [0.717, 1.165) is 22.2 Å². The van der Waals surface area contributed by atoms with Crippen molar-refractivity contribution in [3.63, 3.8) is 0 Å². The van der Waals surface area contributed by atoms with Crippen molar-refractivity contribution in [1.82, 2.24) is 4.90 Å². The molecule has 1 fully saturated rings. The van der Waals surface area contributed by atoms with E-state index < -0.39 is 17.1 Å². The Morgan fingerprint density at radius 2 is 1.93 bits per heavy atom. The van der Waals surface area contributed by atoms with Crippen LogP contribution in [0, 0.1) is 0 Å². The maximum absolute atomic E-state index is 12.5. The molecule has 0 saturated carbocycles. The number of ether oxygens (including phenoxy) is 1. The molecule has 0 bridgehead atoms. The number of hydrogen-bond acceptors (Lipinski definition) is 5. The molecule has 0 spiro atoms. The highest BCUT2D eigenvalue weighted by atomic mass is 32.2. The first-order valence-corrected chi connectivity index (χ1v) is 9.21. The second-order valence-electron chi connectivity index (χ2n) is 5.69. The Labute approximate surface area is 161 Å². The fourth-order valence-corrected chi connectivity index (χ4v) is 3.35. The van der Waals surface area contributed by atoms with Crippen molar-refractivity contribution in [2.45, 2.75) is 6.92 Å². The lowest BCUT2D eigenvalue weighted by atomic mass is 10.2. The Hall–Kier alpha value is -3.06. The molecule has 0 aromatic heterocycles. The number of carbonyl (C=O) groups excluding carboxylic acids is 3. The molecule has 7 heteroatoms. The molecule has 6 nitrogen and oxygen atoms in total. The largest absolute Gasteiger partial charge is 0.494 e. The van der Waals surface area contributed by atoms with Crippen molar-refractivity contribution < 1.29 is 19.1 Å². The van der Waals surface area contributed by atoms with E-state index in [0.29, 0.717) is 18.0 Å². The molecule has 1 N–H and O–H groups in total. The molecule has 0 atom stereocenters. The lowest BCUT2D eigenvalue weighted by molar-refractivity contribution is -0.127. The summed E-state index contributed by atoms with van der Waals surface area (Å²) in [6, 6.07) is 16.1. The summed E-state index contributed by atoms with van der Waals surface area (Å²) in [7, 11) is 0. The van der Waals surface area contributed by atoms with Crippen molar-refractivity contribution in [2.75, 3.05) is 18.5 Å². The van der Waals surface area contributed by atoms with Gasteiger partial charge in [-0.3, -0.25) is 19.3 Å². The van der Waals surface area contributed by atoms with Crippen LogP contribution in [0.15, 0.2) is 59.5 Å². The van der Waals surface area contributed by atoms with Gasteiger partial charge in [-0.2, -0.15) is 0 Å². The predicted molar refractivity (Wildman–Crippen MR) is 105 cm³/mol. The van der Waals surface area contributed by atoms with E-state index in [9.17, 15) is 14.4 Å². The van der Waals surface area contributed by atoms with Crippen LogP contribution in [-0.4, -0.2) is 35.1 Å². The number of nitrogens with one attached hydrogen (secondary N) is 1. The van der Waals surface area contributed by atoms with Crippen LogP contribution in [0.25, 0.3) is 6.08 Å². The number of carbonyl (C=O) groups is 3. The topological polar surface area (TPSA) is 75.7 Å². The summed E-state index contributed by atoms with van der Waals surface area (Å²) in [6.07, 6.45) is 1.63. The third-order valence-electron chi connectivity index (χ3n) is 3.70. The minimum atomic E-state index is -0.477. The average Bonchev–Trinajstić information content (AvgIpc) is 2.90. The zero-order valence-corrected chi connectivity index (χ0v) is 15.5. The van der Waals surface area contributed by atoms with Crippen molar-refractivity contribution in [3.05, 3.63) is 65.1 Å². The molecular weight excluding hydrogens is 364 g/mol. The molecule has 0 unspecified atom stereocenters. The molecule has 1 aliphatic rings. The maximum atomic E-state index is 12.5. The Kier molecular flexibility index (Phi) is 5.93. The number of benzene rings is 2. The number of imide groups is 1. The molecule has 27 heavy (non-hydrogen) atoms. The lowest BCUT2D eigenvalue weighted by Crippen LogP contribution is -2.36. The number of nitrogens with zero attached hydrogens (tertiary/aromatic N) is 1. The second kappa shape index (κ2) is 8.55. The number of thioether (sulfide) groups is 1. The van der Waals surface area contributed by atoms with Gasteiger partial charge in [0.15, 0.2) is 0 Å². The third kappa shape index (κ3) is 4.77. The van der Waals surface area contributed by atoms with Gasteiger partial charge < -0.3 is 10.1 Å². The summed E-state index contributed by atoms with van der Waals surface area (Å²) in [6.45, 7) is 2.10. The van der Waals surface area contributed by atoms with E-state index in [4.69, 9.17) is 4.74 Å². The van der Waals surface area contributed by atoms with Crippen LogP contribution in [0.1, 0.15) is 12.5 Å². The van der Waals surface area contributed by atoms with Gasteiger partial charge in [-0.1, -0.05) is 30.3 Å². The molecule has 2 aromatic rings. The fraction of sp³-hybridized carbons (Fsp3) is 0.150. The Morgan fingerprint density at radius 1 is 1.15 bits per heavy atom. The van der Waals surface area contributed by atoms with Crippen LogP contribution in [-0.2, 0) is 9.59 Å². The minimum Gasteiger partial charge on any atom is -0.494 e. The van der Waals surface area contributed by atoms with E-state index in [-0.39, 0.29) is 11.4 Å². The van der Waals surface area contributed by atoms with Crippen LogP contribution < -0.4 is 10.1 Å². The van der Waals surface area contributed by atoms with Gasteiger partial charge in [-0.05, 0) is 54.6 Å². The number of rotatable bonds is 6. The second-order valence-corrected chi connectivity index (χ2v) is 6.68. The normalized spacial score (nSPS) is 15.3. The van der Waals surface area contributed by atoms with Crippen molar-refractivity contribution in [1.29, 1.82) is 0 Å². The molecule has 1 heterocycles. The van der Waals surface area contributed by atoms with Gasteiger partial charge in [0, 0.05) is 5.69 Å². The summed E-state index contributed by atoms with van der Waals surface area (Å²) in [5.74, 6) is -0.217. The lowest BCUT2D eigenvalue weighted by Gasteiger charge is -2.12. The van der Waals surface area contributed by atoms with Crippen LogP contribution in [0.4, 0.5) is 10.5 Å². The molecular formula is C20H18N2O4S. The Balaban J connectivity index is 1.69. The van der Waals surface area contributed by atoms with Gasteiger partial charge in [-0.15, -0.1) is 0 Å². The van der Waals surface area contributed by atoms with Crippen LogP contribution in [0.2, 0.25) is 0 Å². The van der Waals surface area contributed by atoms with Crippen LogP contribution in [0.3, 0.4) is 0 Å². The average molecular weight is 382 g/mol. The van der Waals surface area contributed by atoms with Gasteiger partial charge in [0.1, 0.15) is 12.3 Å². The first-order valence-electron chi connectivity index (χ1n) is 8.40. The number of amides is 3. The first-order chi connectivity index (χ1) is 13.1. The molecule has 1 saturated heterocycles. The van der Waals surface area contributed by atoms with Gasteiger partial charge in [-0.25, -0.2) is 0 Å². The first kappa shape index (κ1) is 18.7. The highest BCUT2D eigenvalue weighted by Crippen LogP contribution is 2.32. The zero-order valence-electron chi connectivity index (χ0n) is 14.7. The molecule has 0 radical (unpaired) electrons. The van der Waals surface area contributed by atoms with Crippen LogP contribution >= 0.6 is 11.8 Å². The quantitative estimate of drug-likeness (QED) is 0.770. The third-order valence-corrected chi connectivity index (χ3v) is 4.61. The van der Waals surface area contributed by atoms with Gasteiger partial charge in [0.05, 0.1) is 11.5 Å². The van der Waals surface area contributed by atoms with Crippen LogP contribution in [0.5, 0.6) is 5.75 Å².